The summed E-state index contributed by atoms with van der Waals surface area (Å²) in [5, 5.41) is 2.19. The lowest BCUT2D eigenvalue weighted by molar-refractivity contribution is -0.122. The fourth-order valence-electron chi connectivity index (χ4n) is 3.24. The van der Waals surface area contributed by atoms with E-state index in [1.807, 2.05) is 13.0 Å². The van der Waals surface area contributed by atoms with Crippen LogP contribution in [0.4, 0.5) is 10.5 Å². The molecule has 1 aliphatic heterocycles. The van der Waals surface area contributed by atoms with Crippen molar-refractivity contribution in [1.82, 2.24) is 5.32 Å². The molecule has 4 rings (SSSR count). The van der Waals surface area contributed by atoms with Crippen LogP contribution in [0.3, 0.4) is 0 Å². The Bertz CT molecular complexity index is 1260. The second-order valence-corrected chi connectivity index (χ2v) is 7.09. The minimum Gasteiger partial charge on any atom is -0.422 e. The number of carbonyl (C=O) groups is 4. The summed E-state index contributed by atoms with van der Waals surface area (Å²) in [6, 6.07) is 20.9. The minimum atomic E-state index is -0.827. The summed E-state index contributed by atoms with van der Waals surface area (Å²) in [5.41, 5.74) is 1.64. The molecule has 7 heteroatoms. The van der Waals surface area contributed by atoms with Gasteiger partial charge in [-0.2, -0.15) is 0 Å². The summed E-state index contributed by atoms with van der Waals surface area (Å²) in [6.45, 7) is 1.83. The van der Waals surface area contributed by atoms with Gasteiger partial charge in [-0.05, 0) is 48.9 Å². The lowest BCUT2D eigenvalue weighted by atomic mass is 10.1. The molecular weight excluding hydrogens is 408 g/mol. The number of benzene rings is 3. The van der Waals surface area contributed by atoms with E-state index in [0.29, 0.717) is 16.8 Å². The summed E-state index contributed by atoms with van der Waals surface area (Å²) in [7, 11) is 0. The molecule has 3 aromatic rings. The number of nitrogens with zero attached hydrogens (tertiary/aromatic N) is 1. The third-order valence-electron chi connectivity index (χ3n) is 4.79. The zero-order valence-electron chi connectivity index (χ0n) is 17.1. The number of rotatable bonds is 4. The number of barbiturate groups is 1. The van der Waals surface area contributed by atoms with E-state index in [0.717, 1.165) is 10.5 Å². The Hall–Kier alpha value is -4.52. The summed E-state index contributed by atoms with van der Waals surface area (Å²) in [5.74, 6) is -2.00. The van der Waals surface area contributed by atoms with Crippen LogP contribution in [0.1, 0.15) is 21.5 Å². The van der Waals surface area contributed by atoms with Crippen LogP contribution >= 0.6 is 0 Å². The normalized spacial score (nSPS) is 15.0. The van der Waals surface area contributed by atoms with Crippen LogP contribution in [0.5, 0.6) is 5.75 Å². The first-order chi connectivity index (χ1) is 15.4. The van der Waals surface area contributed by atoms with Gasteiger partial charge in [-0.25, -0.2) is 14.5 Å². The maximum absolute atomic E-state index is 13.1. The van der Waals surface area contributed by atoms with Crippen molar-refractivity contribution in [2.45, 2.75) is 6.92 Å². The van der Waals surface area contributed by atoms with Crippen molar-refractivity contribution in [2.75, 3.05) is 4.90 Å². The van der Waals surface area contributed by atoms with E-state index in [-0.39, 0.29) is 11.3 Å². The van der Waals surface area contributed by atoms with Gasteiger partial charge in [0.25, 0.3) is 11.8 Å². The summed E-state index contributed by atoms with van der Waals surface area (Å²) >= 11 is 0. The van der Waals surface area contributed by atoms with Crippen molar-refractivity contribution in [1.29, 1.82) is 0 Å². The molecule has 7 nitrogen and oxygen atoms in total. The van der Waals surface area contributed by atoms with Crippen LogP contribution in [-0.2, 0) is 9.59 Å². The topological polar surface area (TPSA) is 92.8 Å². The number of nitrogens with one attached hydrogen (secondary N) is 1. The highest BCUT2D eigenvalue weighted by atomic mass is 16.5. The molecule has 1 aliphatic rings. The molecule has 1 fully saturated rings. The van der Waals surface area contributed by atoms with Crippen molar-refractivity contribution in [3.05, 3.63) is 101 Å². The average Bonchev–Trinajstić information content (AvgIpc) is 2.78. The summed E-state index contributed by atoms with van der Waals surface area (Å²) < 4.78 is 5.48. The average molecular weight is 426 g/mol. The molecule has 158 valence electrons. The van der Waals surface area contributed by atoms with Gasteiger partial charge in [-0.3, -0.25) is 14.9 Å². The standard InChI is InChI=1S/C25H18N2O5/c1-16-8-7-12-19(14-16)27-23(29)20(22(28)26-25(27)31)15-18-11-5-6-13-21(18)32-24(30)17-9-3-2-4-10-17/h2-15H,1H3,(H,26,28,31)/b20-15-. The van der Waals surface area contributed by atoms with Crippen LogP contribution in [0.15, 0.2) is 84.4 Å². The molecule has 1 heterocycles. The van der Waals surface area contributed by atoms with Crippen molar-refractivity contribution in [2.24, 2.45) is 0 Å². The molecule has 1 N–H and O–H groups in total. The van der Waals surface area contributed by atoms with Crippen LogP contribution in [0, 0.1) is 6.92 Å². The van der Waals surface area contributed by atoms with Gasteiger partial charge in [0.1, 0.15) is 11.3 Å². The Kier molecular flexibility index (Phi) is 5.63. The molecule has 0 spiro atoms. The van der Waals surface area contributed by atoms with Gasteiger partial charge in [-0.1, -0.05) is 48.5 Å². The lowest BCUT2D eigenvalue weighted by Crippen LogP contribution is -2.54. The number of ether oxygens (including phenoxy) is 1. The molecule has 0 aromatic heterocycles. The predicted molar refractivity (Wildman–Crippen MR) is 118 cm³/mol. The number of urea groups is 1. The first kappa shape index (κ1) is 20.7. The van der Waals surface area contributed by atoms with E-state index in [2.05, 4.69) is 5.32 Å². The highest BCUT2D eigenvalue weighted by Gasteiger charge is 2.37. The molecule has 0 aliphatic carbocycles. The Morgan fingerprint density at radius 3 is 2.38 bits per heavy atom. The third-order valence-corrected chi connectivity index (χ3v) is 4.79. The number of hydrogen-bond donors (Lipinski definition) is 1. The van der Waals surface area contributed by atoms with Crippen LogP contribution in [-0.4, -0.2) is 23.8 Å². The molecule has 0 saturated carbocycles. The second kappa shape index (κ2) is 8.69. The molecule has 0 unspecified atom stereocenters. The van der Waals surface area contributed by atoms with Gasteiger partial charge in [0.2, 0.25) is 0 Å². The molecule has 4 amide bonds. The van der Waals surface area contributed by atoms with E-state index >= 15 is 0 Å². The first-order valence-electron chi connectivity index (χ1n) is 9.78. The van der Waals surface area contributed by atoms with Crippen LogP contribution in [0.25, 0.3) is 6.08 Å². The molecular formula is C25H18N2O5. The third kappa shape index (κ3) is 4.17. The maximum Gasteiger partial charge on any atom is 0.343 e. The molecule has 32 heavy (non-hydrogen) atoms. The van der Waals surface area contributed by atoms with Crippen LogP contribution < -0.4 is 15.0 Å². The van der Waals surface area contributed by atoms with E-state index in [1.165, 1.54) is 6.08 Å². The van der Waals surface area contributed by atoms with Gasteiger partial charge in [0, 0.05) is 5.56 Å². The zero-order chi connectivity index (χ0) is 22.7. The summed E-state index contributed by atoms with van der Waals surface area (Å²) in [6.07, 6.45) is 1.31. The maximum atomic E-state index is 13.1. The SMILES string of the molecule is Cc1cccc(N2C(=O)NC(=O)/C(=C/c3ccccc3OC(=O)c3ccccc3)C2=O)c1. The smallest absolute Gasteiger partial charge is 0.343 e. The van der Waals surface area contributed by atoms with Gasteiger partial charge in [0.05, 0.1) is 11.3 Å². The van der Waals surface area contributed by atoms with E-state index in [9.17, 15) is 19.2 Å². The number of carbonyl (C=O) groups excluding carboxylic acids is 4. The Labute approximate surface area is 183 Å². The highest BCUT2D eigenvalue weighted by molar-refractivity contribution is 6.39. The number of para-hydroxylation sites is 1. The van der Waals surface area contributed by atoms with Gasteiger partial charge >= 0.3 is 12.0 Å². The van der Waals surface area contributed by atoms with E-state index in [1.54, 1.807) is 72.8 Å². The number of esters is 1. The molecule has 1 saturated heterocycles. The van der Waals surface area contributed by atoms with Crippen molar-refractivity contribution in [3.63, 3.8) is 0 Å². The van der Waals surface area contributed by atoms with E-state index in [4.69, 9.17) is 4.74 Å². The summed E-state index contributed by atoms with van der Waals surface area (Å²) in [4.78, 5) is 51.3. The predicted octanol–water partition coefficient (Wildman–Crippen LogP) is 3.88. The number of imide groups is 2. The Morgan fingerprint density at radius 1 is 0.906 bits per heavy atom. The number of aryl methyl sites for hydroxylation is 1. The number of anilines is 1. The number of amides is 4. The zero-order valence-corrected chi connectivity index (χ0v) is 17.1. The lowest BCUT2D eigenvalue weighted by Gasteiger charge is -2.26. The first-order valence-corrected chi connectivity index (χ1v) is 9.78. The molecule has 0 bridgehead atoms. The Morgan fingerprint density at radius 2 is 1.62 bits per heavy atom. The van der Waals surface area contributed by atoms with Gasteiger partial charge in [-0.15, -0.1) is 0 Å². The van der Waals surface area contributed by atoms with Crippen molar-refractivity contribution in [3.8, 4) is 5.75 Å². The van der Waals surface area contributed by atoms with Gasteiger partial charge in [0.15, 0.2) is 0 Å². The fraction of sp³-hybridized carbons (Fsp3) is 0.0400. The van der Waals surface area contributed by atoms with Crippen molar-refractivity contribution >= 4 is 35.6 Å². The quantitative estimate of drug-likeness (QED) is 0.296. The second-order valence-electron chi connectivity index (χ2n) is 7.09. The largest absolute Gasteiger partial charge is 0.422 e. The number of hydrogen-bond acceptors (Lipinski definition) is 5. The van der Waals surface area contributed by atoms with E-state index < -0.39 is 23.8 Å². The van der Waals surface area contributed by atoms with Gasteiger partial charge < -0.3 is 4.74 Å². The highest BCUT2D eigenvalue weighted by Crippen LogP contribution is 2.26. The van der Waals surface area contributed by atoms with Crippen molar-refractivity contribution < 1.29 is 23.9 Å². The Balaban J connectivity index is 1.68. The molecule has 0 atom stereocenters. The monoisotopic (exact) mass is 426 g/mol. The van der Waals surface area contributed by atoms with Crippen LogP contribution in [0.2, 0.25) is 0 Å². The molecule has 3 aromatic carbocycles. The fourth-order valence-corrected chi connectivity index (χ4v) is 3.24. The molecule has 0 radical (unpaired) electrons. The minimum absolute atomic E-state index is 0.174.